The molecule has 1 atom stereocenters. The summed E-state index contributed by atoms with van der Waals surface area (Å²) in [6, 6.07) is 8.26. The quantitative estimate of drug-likeness (QED) is 0.729. The predicted octanol–water partition coefficient (Wildman–Crippen LogP) is 1.27. The van der Waals surface area contributed by atoms with Crippen molar-refractivity contribution < 1.29 is 24.9 Å². The van der Waals surface area contributed by atoms with E-state index in [-0.39, 0.29) is 5.33 Å². The molecular formula is C10H11BrO5. The standard InChI is InChI=1S/C8H8O3.C2H3BrO2/c9-7(8(10)11)6-4-2-1-3-5-6;3-1-2(4)5/h1-5,7,9H,(H,10,11);1H2,(H,4,5). The minimum absolute atomic E-state index is 0.0347. The van der Waals surface area contributed by atoms with E-state index >= 15 is 0 Å². The van der Waals surface area contributed by atoms with Crippen molar-refractivity contribution in [2.75, 3.05) is 5.33 Å². The maximum atomic E-state index is 10.2. The Hall–Kier alpha value is -1.40. The lowest BCUT2D eigenvalue weighted by molar-refractivity contribution is -0.147. The SMILES string of the molecule is O=C(O)C(O)c1ccccc1.O=C(O)CBr. The zero-order valence-corrected chi connectivity index (χ0v) is 9.79. The van der Waals surface area contributed by atoms with Gasteiger partial charge < -0.3 is 15.3 Å². The number of carboxylic acids is 2. The first-order valence-electron chi connectivity index (χ1n) is 4.22. The molecule has 16 heavy (non-hydrogen) atoms. The minimum Gasteiger partial charge on any atom is -0.481 e. The lowest BCUT2D eigenvalue weighted by atomic mass is 10.1. The summed E-state index contributed by atoms with van der Waals surface area (Å²) in [4.78, 5) is 19.6. The van der Waals surface area contributed by atoms with Crippen LogP contribution in [-0.4, -0.2) is 32.6 Å². The second-order valence-electron chi connectivity index (χ2n) is 2.68. The molecule has 5 nitrogen and oxygen atoms in total. The fourth-order valence-corrected chi connectivity index (χ4v) is 0.778. The molecule has 1 aromatic rings. The molecule has 3 N–H and O–H groups in total. The van der Waals surface area contributed by atoms with Gasteiger partial charge in [0, 0.05) is 0 Å². The van der Waals surface area contributed by atoms with Crippen LogP contribution < -0.4 is 0 Å². The van der Waals surface area contributed by atoms with Crippen molar-refractivity contribution in [2.45, 2.75) is 6.10 Å². The molecule has 1 rings (SSSR count). The van der Waals surface area contributed by atoms with E-state index in [1.54, 1.807) is 30.3 Å². The Labute approximate surface area is 100 Å². The van der Waals surface area contributed by atoms with E-state index in [9.17, 15) is 9.59 Å². The molecule has 1 aromatic carbocycles. The molecule has 6 heteroatoms. The van der Waals surface area contributed by atoms with Crippen LogP contribution in [0, 0.1) is 0 Å². The number of aliphatic carboxylic acids is 2. The minimum atomic E-state index is -1.41. The molecule has 0 bridgehead atoms. The second-order valence-corrected chi connectivity index (χ2v) is 3.24. The number of benzene rings is 1. The summed E-state index contributed by atoms with van der Waals surface area (Å²) in [7, 11) is 0. The Morgan fingerprint density at radius 3 is 1.94 bits per heavy atom. The number of hydrogen-bond acceptors (Lipinski definition) is 3. The smallest absolute Gasteiger partial charge is 0.337 e. The van der Waals surface area contributed by atoms with Crippen LogP contribution in [0.1, 0.15) is 11.7 Å². The second kappa shape index (κ2) is 7.84. The van der Waals surface area contributed by atoms with Gasteiger partial charge in [-0.15, -0.1) is 0 Å². The Bertz CT molecular complexity index is 338. The highest BCUT2D eigenvalue weighted by Crippen LogP contribution is 2.10. The largest absolute Gasteiger partial charge is 0.481 e. The third-order valence-electron chi connectivity index (χ3n) is 1.46. The number of rotatable bonds is 3. The van der Waals surface area contributed by atoms with Gasteiger partial charge in [-0.2, -0.15) is 0 Å². The van der Waals surface area contributed by atoms with Gasteiger partial charge in [0.05, 0.1) is 0 Å². The topological polar surface area (TPSA) is 94.8 Å². The van der Waals surface area contributed by atoms with E-state index in [2.05, 4.69) is 15.9 Å². The Morgan fingerprint density at radius 2 is 1.62 bits per heavy atom. The van der Waals surface area contributed by atoms with Gasteiger partial charge >= 0.3 is 11.9 Å². The van der Waals surface area contributed by atoms with Crippen LogP contribution in [0.25, 0.3) is 0 Å². The number of halogens is 1. The number of hydrogen-bond donors (Lipinski definition) is 3. The van der Waals surface area contributed by atoms with Crippen molar-refractivity contribution in [3.8, 4) is 0 Å². The molecule has 0 aliphatic carbocycles. The lowest BCUT2D eigenvalue weighted by Crippen LogP contribution is -2.09. The van der Waals surface area contributed by atoms with Crippen molar-refractivity contribution in [3.05, 3.63) is 35.9 Å². The van der Waals surface area contributed by atoms with Gasteiger partial charge in [-0.3, -0.25) is 4.79 Å². The number of carbonyl (C=O) groups is 2. The molecule has 0 radical (unpaired) electrons. The Morgan fingerprint density at radius 1 is 1.19 bits per heavy atom. The fraction of sp³-hybridized carbons (Fsp3) is 0.200. The van der Waals surface area contributed by atoms with Gasteiger partial charge in [-0.1, -0.05) is 46.3 Å². The van der Waals surface area contributed by atoms with Crippen LogP contribution in [0.5, 0.6) is 0 Å². The van der Waals surface area contributed by atoms with Crippen molar-refractivity contribution in [1.29, 1.82) is 0 Å². The van der Waals surface area contributed by atoms with Crippen LogP contribution in [0.3, 0.4) is 0 Å². The van der Waals surface area contributed by atoms with Crippen molar-refractivity contribution in [1.82, 2.24) is 0 Å². The van der Waals surface area contributed by atoms with Crippen LogP contribution >= 0.6 is 15.9 Å². The summed E-state index contributed by atoms with van der Waals surface area (Å²) in [6.45, 7) is 0. The third kappa shape index (κ3) is 6.15. The summed E-state index contributed by atoms with van der Waals surface area (Å²) >= 11 is 2.71. The summed E-state index contributed by atoms with van der Waals surface area (Å²) in [6.07, 6.45) is -1.41. The molecule has 0 aliphatic heterocycles. The van der Waals surface area contributed by atoms with Crippen LogP contribution in [0.2, 0.25) is 0 Å². The summed E-state index contributed by atoms with van der Waals surface area (Å²) < 4.78 is 0. The number of aliphatic hydroxyl groups excluding tert-OH is 1. The predicted molar refractivity (Wildman–Crippen MR) is 60.5 cm³/mol. The molecular weight excluding hydrogens is 280 g/mol. The third-order valence-corrected chi connectivity index (χ3v) is 1.94. The summed E-state index contributed by atoms with van der Waals surface area (Å²) in [5.74, 6) is -2.05. The van der Waals surface area contributed by atoms with Crippen molar-refractivity contribution >= 4 is 27.9 Å². The van der Waals surface area contributed by atoms with E-state index in [0.717, 1.165) is 0 Å². The molecule has 88 valence electrons. The lowest BCUT2D eigenvalue weighted by Gasteiger charge is -2.03. The van der Waals surface area contributed by atoms with Gasteiger partial charge in [0.1, 0.15) is 5.33 Å². The van der Waals surface area contributed by atoms with E-state index < -0.39 is 18.0 Å². The Balaban J connectivity index is 0.000000385. The molecule has 0 aromatic heterocycles. The van der Waals surface area contributed by atoms with E-state index in [1.807, 2.05) is 0 Å². The molecule has 1 unspecified atom stereocenters. The first kappa shape index (κ1) is 14.6. The molecule has 0 fully saturated rings. The molecule has 0 amide bonds. The van der Waals surface area contributed by atoms with Gasteiger partial charge in [0.2, 0.25) is 0 Å². The van der Waals surface area contributed by atoms with Gasteiger partial charge in [-0.25, -0.2) is 4.79 Å². The maximum Gasteiger partial charge on any atom is 0.337 e. The number of aliphatic hydroxyl groups is 1. The molecule has 0 saturated heterocycles. The molecule has 0 aliphatic rings. The van der Waals surface area contributed by atoms with Gasteiger partial charge in [-0.05, 0) is 5.56 Å². The Kier molecular flexibility index (Phi) is 7.15. The van der Waals surface area contributed by atoms with Crippen LogP contribution in [0.15, 0.2) is 30.3 Å². The molecule has 0 saturated carbocycles. The molecule has 0 heterocycles. The summed E-state index contributed by atoms with van der Waals surface area (Å²) in [5, 5.41) is 25.1. The first-order valence-corrected chi connectivity index (χ1v) is 5.34. The van der Waals surface area contributed by atoms with E-state index in [1.165, 1.54) is 0 Å². The normalized spacial score (nSPS) is 10.9. The fourth-order valence-electron chi connectivity index (χ4n) is 0.778. The highest BCUT2D eigenvalue weighted by atomic mass is 79.9. The zero-order valence-electron chi connectivity index (χ0n) is 8.21. The van der Waals surface area contributed by atoms with E-state index in [0.29, 0.717) is 5.56 Å². The molecule has 0 spiro atoms. The van der Waals surface area contributed by atoms with Crippen LogP contribution in [-0.2, 0) is 9.59 Å². The number of carboxylic acid groups (broad SMARTS) is 2. The monoisotopic (exact) mass is 290 g/mol. The average Bonchev–Trinajstić information content (AvgIpc) is 2.29. The van der Waals surface area contributed by atoms with Crippen molar-refractivity contribution in [2.24, 2.45) is 0 Å². The number of alkyl halides is 1. The van der Waals surface area contributed by atoms with Crippen molar-refractivity contribution in [3.63, 3.8) is 0 Å². The van der Waals surface area contributed by atoms with Crippen LogP contribution in [0.4, 0.5) is 0 Å². The average molecular weight is 291 g/mol. The highest BCUT2D eigenvalue weighted by Gasteiger charge is 2.14. The maximum absolute atomic E-state index is 10.2. The summed E-state index contributed by atoms with van der Waals surface area (Å²) in [5.41, 5.74) is 0.403. The van der Waals surface area contributed by atoms with Gasteiger partial charge in [0.25, 0.3) is 0 Å². The highest BCUT2D eigenvalue weighted by molar-refractivity contribution is 9.09. The van der Waals surface area contributed by atoms with Gasteiger partial charge in [0.15, 0.2) is 6.10 Å². The van der Waals surface area contributed by atoms with E-state index in [4.69, 9.17) is 15.3 Å². The first-order chi connectivity index (χ1) is 7.49. The zero-order chi connectivity index (χ0) is 12.6.